The van der Waals surface area contributed by atoms with Crippen LogP contribution in [0.5, 0.6) is 0 Å². The van der Waals surface area contributed by atoms with Crippen LogP contribution in [0.1, 0.15) is 42.7 Å². The number of carbonyl (C=O) groups excluding carboxylic acids is 2. The molecule has 0 radical (unpaired) electrons. The van der Waals surface area contributed by atoms with Gasteiger partial charge in [-0.1, -0.05) is 37.3 Å². The first kappa shape index (κ1) is 19.2. The monoisotopic (exact) mass is 368 g/mol. The molecular formula is C22H28N2O3. The van der Waals surface area contributed by atoms with Gasteiger partial charge in [-0.2, -0.15) is 0 Å². The summed E-state index contributed by atoms with van der Waals surface area (Å²) >= 11 is 0. The number of likely N-dealkylation sites (tertiary alicyclic amines) is 1. The molecule has 1 fully saturated rings. The average molecular weight is 368 g/mol. The first-order chi connectivity index (χ1) is 13.0. The van der Waals surface area contributed by atoms with Crippen LogP contribution in [0.3, 0.4) is 0 Å². The topological polar surface area (TPSA) is 51.5 Å². The number of amides is 1. The predicted molar refractivity (Wildman–Crippen MR) is 106 cm³/mol. The Balaban J connectivity index is 1.94. The zero-order valence-electron chi connectivity index (χ0n) is 16.4. The Morgan fingerprint density at radius 1 is 1.22 bits per heavy atom. The summed E-state index contributed by atoms with van der Waals surface area (Å²) in [4.78, 5) is 27.3. The molecule has 5 nitrogen and oxygen atoms in total. The zero-order chi connectivity index (χ0) is 19.4. The van der Waals surface area contributed by atoms with Gasteiger partial charge >= 0.3 is 5.97 Å². The molecule has 1 amide bonds. The maximum absolute atomic E-state index is 12.9. The highest BCUT2D eigenvalue weighted by Crippen LogP contribution is 2.27. The highest BCUT2D eigenvalue weighted by atomic mass is 16.5. The molecule has 3 rings (SSSR count). The van der Waals surface area contributed by atoms with Crippen molar-refractivity contribution in [3.63, 3.8) is 0 Å². The van der Waals surface area contributed by atoms with Crippen molar-refractivity contribution in [1.29, 1.82) is 0 Å². The zero-order valence-corrected chi connectivity index (χ0v) is 16.4. The van der Waals surface area contributed by atoms with Crippen LogP contribution in [0, 0.1) is 12.8 Å². The number of ether oxygens (including phenoxy) is 1. The number of rotatable bonds is 5. The van der Waals surface area contributed by atoms with Gasteiger partial charge in [-0.15, -0.1) is 0 Å². The van der Waals surface area contributed by atoms with Crippen LogP contribution >= 0.6 is 0 Å². The van der Waals surface area contributed by atoms with Gasteiger partial charge in [-0.05, 0) is 44.2 Å². The van der Waals surface area contributed by atoms with Crippen molar-refractivity contribution in [2.45, 2.75) is 40.2 Å². The number of benzene rings is 1. The minimum absolute atomic E-state index is 0.104. The average Bonchev–Trinajstić information content (AvgIpc) is 2.99. The molecule has 144 valence electrons. The van der Waals surface area contributed by atoms with E-state index in [1.54, 1.807) is 6.92 Å². The Morgan fingerprint density at radius 3 is 2.63 bits per heavy atom. The third-order valence-electron chi connectivity index (χ3n) is 5.23. The van der Waals surface area contributed by atoms with Gasteiger partial charge < -0.3 is 14.2 Å². The van der Waals surface area contributed by atoms with Crippen molar-refractivity contribution in [1.82, 2.24) is 9.47 Å². The van der Waals surface area contributed by atoms with Crippen molar-refractivity contribution in [2.24, 2.45) is 5.92 Å². The smallest absolute Gasteiger partial charge is 0.339 e. The Morgan fingerprint density at radius 2 is 1.96 bits per heavy atom. The molecule has 27 heavy (non-hydrogen) atoms. The van der Waals surface area contributed by atoms with Gasteiger partial charge in [-0.25, -0.2) is 4.79 Å². The van der Waals surface area contributed by atoms with Crippen LogP contribution in [0.15, 0.2) is 36.4 Å². The molecule has 5 heteroatoms. The lowest BCUT2D eigenvalue weighted by molar-refractivity contribution is -0.133. The van der Waals surface area contributed by atoms with Crippen LogP contribution in [0.4, 0.5) is 0 Å². The van der Waals surface area contributed by atoms with E-state index in [1.807, 2.05) is 52.8 Å². The standard InChI is InChI=1S/C22H28N2O3/c1-4-27-22(26)19-13-20(18-10-6-5-7-11-18)24(17(19)3)15-21(25)23-12-8-9-16(2)14-23/h5-7,10-11,13,16H,4,8-9,12,14-15H2,1-3H3/t16-/m1/s1. The van der Waals surface area contributed by atoms with E-state index < -0.39 is 0 Å². The second-order valence-corrected chi connectivity index (χ2v) is 7.29. The van der Waals surface area contributed by atoms with Crippen LogP contribution in [-0.2, 0) is 16.1 Å². The molecule has 1 saturated heterocycles. The number of esters is 1. The van der Waals surface area contributed by atoms with Gasteiger partial charge in [0.05, 0.1) is 12.2 Å². The second kappa shape index (κ2) is 8.42. The van der Waals surface area contributed by atoms with Crippen molar-refractivity contribution >= 4 is 11.9 Å². The third-order valence-corrected chi connectivity index (χ3v) is 5.23. The minimum atomic E-state index is -0.343. The molecule has 0 unspecified atom stereocenters. The molecule has 1 atom stereocenters. The molecule has 1 aromatic heterocycles. The summed E-state index contributed by atoms with van der Waals surface area (Å²) in [5.74, 6) is 0.301. The van der Waals surface area contributed by atoms with Gasteiger partial charge in [-0.3, -0.25) is 4.79 Å². The number of aromatic nitrogens is 1. The largest absolute Gasteiger partial charge is 0.462 e. The van der Waals surface area contributed by atoms with E-state index >= 15 is 0 Å². The SMILES string of the molecule is CCOC(=O)c1cc(-c2ccccc2)n(CC(=O)N2CCC[C@@H](C)C2)c1C. The van der Waals surface area contributed by atoms with E-state index in [9.17, 15) is 9.59 Å². The summed E-state index contributed by atoms with van der Waals surface area (Å²) in [5, 5.41) is 0. The molecule has 1 aliphatic heterocycles. The van der Waals surface area contributed by atoms with E-state index in [2.05, 4.69) is 6.92 Å². The molecule has 0 spiro atoms. The molecule has 0 aliphatic carbocycles. The number of carbonyl (C=O) groups is 2. The van der Waals surface area contributed by atoms with Gasteiger partial charge in [0.25, 0.3) is 0 Å². The summed E-state index contributed by atoms with van der Waals surface area (Å²) in [6, 6.07) is 11.7. The second-order valence-electron chi connectivity index (χ2n) is 7.29. The minimum Gasteiger partial charge on any atom is -0.462 e. The number of hydrogen-bond acceptors (Lipinski definition) is 3. The highest BCUT2D eigenvalue weighted by Gasteiger charge is 2.25. The number of nitrogens with zero attached hydrogens (tertiary/aromatic N) is 2. The van der Waals surface area contributed by atoms with Crippen LogP contribution < -0.4 is 0 Å². The lowest BCUT2D eigenvalue weighted by Crippen LogP contribution is -2.41. The lowest BCUT2D eigenvalue weighted by atomic mass is 10.0. The Kier molecular flexibility index (Phi) is 5.99. The molecule has 1 aliphatic rings. The van der Waals surface area contributed by atoms with Gasteiger partial charge in [0, 0.05) is 24.5 Å². The maximum atomic E-state index is 12.9. The van der Waals surface area contributed by atoms with Gasteiger partial charge in [0.2, 0.25) is 5.91 Å². The van der Waals surface area contributed by atoms with Crippen LogP contribution in [0.25, 0.3) is 11.3 Å². The predicted octanol–water partition coefficient (Wildman–Crippen LogP) is 3.90. The Labute approximate surface area is 160 Å². The summed E-state index contributed by atoms with van der Waals surface area (Å²) in [5.41, 5.74) is 3.15. The van der Waals surface area contributed by atoms with Crippen LogP contribution in [0.2, 0.25) is 0 Å². The fourth-order valence-corrected chi connectivity index (χ4v) is 3.76. The van der Waals surface area contributed by atoms with Crippen LogP contribution in [-0.4, -0.2) is 41.0 Å². The Hall–Kier alpha value is -2.56. The van der Waals surface area contributed by atoms with Crippen molar-refractivity contribution in [2.75, 3.05) is 19.7 Å². The summed E-state index contributed by atoms with van der Waals surface area (Å²) in [7, 11) is 0. The van der Waals surface area contributed by atoms with Crippen molar-refractivity contribution < 1.29 is 14.3 Å². The molecule has 1 aromatic carbocycles. The fraction of sp³-hybridized carbons (Fsp3) is 0.455. The quantitative estimate of drug-likeness (QED) is 0.752. The molecular weight excluding hydrogens is 340 g/mol. The maximum Gasteiger partial charge on any atom is 0.339 e. The third kappa shape index (κ3) is 4.24. The van der Waals surface area contributed by atoms with Gasteiger partial charge in [0.15, 0.2) is 0 Å². The summed E-state index contributed by atoms with van der Waals surface area (Å²) < 4.78 is 7.15. The normalized spacial score (nSPS) is 17.0. The van der Waals surface area contributed by atoms with E-state index in [1.165, 1.54) is 6.42 Å². The van der Waals surface area contributed by atoms with E-state index in [-0.39, 0.29) is 18.4 Å². The van der Waals surface area contributed by atoms with Crippen molar-refractivity contribution in [3.05, 3.63) is 47.7 Å². The molecule has 0 N–H and O–H groups in total. The lowest BCUT2D eigenvalue weighted by Gasteiger charge is -2.31. The van der Waals surface area contributed by atoms with E-state index in [0.717, 1.165) is 36.5 Å². The first-order valence-electron chi connectivity index (χ1n) is 9.71. The molecule has 0 bridgehead atoms. The highest BCUT2D eigenvalue weighted by molar-refractivity contribution is 5.93. The van der Waals surface area contributed by atoms with E-state index in [4.69, 9.17) is 4.74 Å². The number of piperidine rings is 1. The summed E-state index contributed by atoms with van der Waals surface area (Å²) in [6.45, 7) is 8.05. The molecule has 2 heterocycles. The fourth-order valence-electron chi connectivity index (χ4n) is 3.76. The van der Waals surface area contributed by atoms with Crippen molar-refractivity contribution in [3.8, 4) is 11.3 Å². The molecule has 2 aromatic rings. The Bertz CT molecular complexity index is 810. The summed E-state index contributed by atoms with van der Waals surface area (Å²) in [6.07, 6.45) is 2.23. The first-order valence-corrected chi connectivity index (χ1v) is 9.71. The number of hydrogen-bond donors (Lipinski definition) is 0. The van der Waals surface area contributed by atoms with Gasteiger partial charge in [0.1, 0.15) is 6.54 Å². The molecule has 0 saturated carbocycles. The van der Waals surface area contributed by atoms with E-state index in [0.29, 0.717) is 18.1 Å².